The first-order valence-electron chi connectivity index (χ1n) is 9.25. The summed E-state index contributed by atoms with van der Waals surface area (Å²) in [6.45, 7) is 2.17. The van der Waals surface area contributed by atoms with Crippen molar-refractivity contribution >= 4 is 23.4 Å². The minimum atomic E-state index is 0.238. The number of halogens is 1. The average Bonchev–Trinajstić information content (AvgIpc) is 2.98. The summed E-state index contributed by atoms with van der Waals surface area (Å²) in [6, 6.07) is 1.91. The lowest BCUT2D eigenvalue weighted by Crippen LogP contribution is -2.55. The van der Waals surface area contributed by atoms with Gasteiger partial charge in [-0.15, -0.1) is 0 Å². The summed E-state index contributed by atoms with van der Waals surface area (Å²) in [6.07, 6.45) is 10.8. The molecule has 0 radical (unpaired) electrons. The van der Waals surface area contributed by atoms with Crippen molar-refractivity contribution in [1.29, 1.82) is 0 Å². The van der Waals surface area contributed by atoms with Gasteiger partial charge in [0.05, 0.1) is 0 Å². The summed E-state index contributed by atoms with van der Waals surface area (Å²) in [4.78, 5) is 11.6. The molecule has 6 rings (SSSR count). The SMILES string of the molecule is Clc1cc(N2CCCC2)nc(NC23CC4CC(CC(C4)C2)C3)n1. The molecule has 1 aliphatic heterocycles. The standard InChI is InChI=1S/C18H25ClN4/c19-15-8-16(23-3-1-2-4-23)21-17(20-15)22-18-9-12-5-13(10-18)7-14(6-12)11-18/h8,12-14H,1-7,9-11H2,(H,20,21,22). The fraction of sp³-hybridized carbons (Fsp3) is 0.778. The van der Waals surface area contributed by atoms with E-state index < -0.39 is 0 Å². The van der Waals surface area contributed by atoms with Crippen LogP contribution >= 0.6 is 11.6 Å². The topological polar surface area (TPSA) is 41.1 Å². The first kappa shape index (κ1) is 14.3. The van der Waals surface area contributed by atoms with E-state index in [1.165, 1.54) is 51.4 Å². The minimum Gasteiger partial charge on any atom is -0.356 e. The summed E-state index contributed by atoms with van der Waals surface area (Å²) in [5, 5.41) is 4.32. The van der Waals surface area contributed by atoms with Crippen LogP contribution in [0.15, 0.2) is 6.07 Å². The molecule has 5 fully saturated rings. The second kappa shape index (κ2) is 5.23. The molecule has 4 bridgehead atoms. The molecule has 1 N–H and O–H groups in total. The third kappa shape index (κ3) is 2.59. The van der Waals surface area contributed by atoms with Crippen molar-refractivity contribution in [1.82, 2.24) is 9.97 Å². The number of hydrogen-bond donors (Lipinski definition) is 1. The highest BCUT2D eigenvalue weighted by molar-refractivity contribution is 6.29. The molecule has 2 heterocycles. The predicted molar refractivity (Wildman–Crippen MR) is 93.0 cm³/mol. The maximum atomic E-state index is 6.30. The lowest BCUT2D eigenvalue weighted by atomic mass is 9.53. The summed E-state index contributed by atoms with van der Waals surface area (Å²) < 4.78 is 0. The quantitative estimate of drug-likeness (QED) is 0.846. The van der Waals surface area contributed by atoms with Crippen molar-refractivity contribution in [3.05, 3.63) is 11.2 Å². The van der Waals surface area contributed by atoms with Crippen molar-refractivity contribution in [3.8, 4) is 0 Å². The maximum absolute atomic E-state index is 6.30. The Morgan fingerprint density at radius 3 is 2.22 bits per heavy atom. The molecule has 5 aliphatic rings. The van der Waals surface area contributed by atoms with Crippen LogP contribution in [0.25, 0.3) is 0 Å². The molecule has 0 spiro atoms. The molecule has 5 heteroatoms. The van der Waals surface area contributed by atoms with Crippen LogP contribution in [0, 0.1) is 17.8 Å². The third-order valence-electron chi connectivity index (χ3n) is 6.53. The summed E-state index contributed by atoms with van der Waals surface area (Å²) >= 11 is 6.30. The van der Waals surface area contributed by atoms with E-state index in [0.717, 1.165) is 42.6 Å². The lowest BCUT2D eigenvalue weighted by molar-refractivity contribution is 0.0103. The van der Waals surface area contributed by atoms with Crippen LogP contribution in [0.2, 0.25) is 5.15 Å². The largest absolute Gasteiger partial charge is 0.356 e. The first-order chi connectivity index (χ1) is 11.2. The number of hydrogen-bond acceptors (Lipinski definition) is 4. The van der Waals surface area contributed by atoms with Gasteiger partial charge in [-0.05, 0) is 69.1 Å². The van der Waals surface area contributed by atoms with Gasteiger partial charge in [0.15, 0.2) is 0 Å². The molecule has 4 aliphatic carbocycles. The second-order valence-corrected chi connectivity index (χ2v) is 8.78. The number of anilines is 2. The number of rotatable bonds is 3. The fourth-order valence-electron chi connectivity index (χ4n) is 6.07. The van der Waals surface area contributed by atoms with Crippen molar-refractivity contribution < 1.29 is 0 Å². The number of aromatic nitrogens is 2. The van der Waals surface area contributed by atoms with Gasteiger partial charge in [0, 0.05) is 24.7 Å². The van der Waals surface area contributed by atoms with Gasteiger partial charge in [-0.3, -0.25) is 0 Å². The Labute approximate surface area is 143 Å². The van der Waals surface area contributed by atoms with Crippen LogP contribution in [0.3, 0.4) is 0 Å². The minimum absolute atomic E-state index is 0.238. The van der Waals surface area contributed by atoms with Crippen LogP contribution < -0.4 is 10.2 Å². The Kier molecular flexibility index (Phi) is 3.26. The highest BCUT2D eigenvalue weighted by atomic mass is 35.5. The Bertz CT molecular complexity index is 576. The Balaban J connectivity index is 1.41. The third-order valence-corrected chi connectivity index (χ3v) is 6.72. The van der Waals surface area contributed by atoms with Crippen LogP contribution in [-0.2, 0) is 0 Å². The lowest BCUT2D eigenvalue weighted by Gasteiger charge is -2.56. The molecular formula is C18H25ClN4. The summed E-state index contributed by atoms with van der Waals surface area (Å²) in [7, 11) is 0. The number of nitrogens with one attached hydrogen (secondary N) is 1. The predicted octanol–water partition coefficient (Wildman–Crippen LogP) is 4.11. The zero-order valence-electron chi connectivity index (χ0n) is 13.6. The second-order valence-electron chi connectivity index (χ2n) is 8.39. The van der Waals surface area contributed by atoms with E-state index >= 15 is 0 Å². The van der Waals surface area contributed by atoms with E-state index in [1.54, 1.807) is 0 Å². The monoisotopic (exact) mass is 332 g/mol. The molecule has 1 saturated heterocycles. The first-order valence-corrected chi connectivity index (χ1v) is 9.63. The molecule has 1 aromatic rings. The zero-order valence-corrected chi connectivity index (χ0v) is 14.4. The Morgan fingerprint density at radius 2 is 1.61 bits per heavy atom. The van der Waals surface area contributed by atoms with Gasteiger partial charge in [0.2, 0.25) is 5.95 Å². The van der Waals surface area contributed by atoms with Crippen LogP contribution in [0.1, 0.15) is 51.4 Å². The summed E-state index contributed by atoms with van der Waals surface area (Å²) in [5.41, 5.74) is 0.238. The maximum Gasteiger partial charge on any atom is 0.226 e. The van der Waals surface area contributed by atoms with E-state index in [2.05, 4.69) is 15.2 Å². The molecule has 124 valence electrons. The normalized spacial score (nSPS) is 38.3. The molecule has 0 amide bonds. The van der Waals surface area contributed by atoms with Gasteiger partial charge in [0.1, 0.15) is 11.0 Å². The van der Waals surface area contributed by atoms with Crippen molar-refractivity contribution in [2.75, 3.05) is 23.3 Å². The number of nitrogens with zero attached hydrogens (tertiary/aromatic N) is 3. The summed E-state index contributed by atoms with van der Waals surface area (Å²) in [5.74, 6) is 4.51. The van der Waals surface area contributed by atoms with E-state index in [-0.39, 0.29) is 5.54 Å². The zero-order chi connectivity index (χ0) is 15.4. The van der Waals surface area contributed by atoms with Gasteiger partial charge >= 0.3 is 0 Å². The van der Waals surface area contributed by atoms with Gasteiger partial charge < -0.3 is 10.2 Å². The highest BCUT2D eigenvalue weighted by Crippen LogP contribution is 2.56. The molecule has 4 nitrogen and oxygen atoms in total. The van der Waals surface area contributed by atoms with E-state index in [0.29, 0.717) is 5.15 Å². The van der Waals surface area contributed by atoms with Crippen LogP contribution in [0.4, 0.5) is 11.8 Å². The molecule has 23 heavy (non-hydrogen) atoms. The Morgan fingerprint density at radius 1 is 1.00 bits per heavy atom. The average molecular weight is 333 g/mol. The van der Waals surface area contributed by atoms with E-state index in [4.69, 9.17) is 16.6 Å². The molecule has 4 saturated carbocycles. The fourth-order valence-corrected chi connectivity index (χ4v) is 6.25. The highest BCUT2D eigenvalue weighted by Gasteiger charge is 2.51. The molecule has 0 unspecified atom stereocenters. The van der Waals surface area contributed by atoms with Gasteiger partial charge in [0.25, 0.3) is 0 Å². The van der Waals surface area contributed by atoms with Crippen molar-refractivity contribution in [2.24, 2.45) is 17.8 Å². The smallest absolute Gasteiger partial charge is 0.226 e. The Hall–Kier alpha value is -1.03. The molecule has 1 aromatic heterocycles. The molecular weight excluding hydrogens is 308 g/mol. The van der Waals surface area contributed by atoms with Crippen LogP contribution in [-0.4, -0.2) is 28.6 Å². The molecule has 0 atom stereocenters. The van der Waals surface area contributed by atoms with E-state index in [1.807, 2.05) is 6.07 Å². The van der Waals surface area contributed by atoms with Gasteiger partial charge in [-0.2, -0.15) is 4.98 Å². The van der Waals surface area contributed by atoms with Crippen molar-refractivity contribution in [2.45, 2.75) is 56.9 Å². The van der Waals surface area contributed by atoms with Gasteiger partial charge in [-0.25, -0.2) is 4.98 Å². The van der Waals surface area contributed by atoms with Crippen LogP contribution in [0.5, 0.6) is 0 Å². The van der Waals surface area contributed by atoms with E-state index in [9.17, 15) is 0 Å². The van der Waals surface area contributed by atoms with Crippen molar-refractivity contribution in [3.63, 3.8) is 0 Å². The molecule has 0 aromatic carbocycles. The van der Waals surface area contributed by atoms with Gasteiger partial charge in [-0.1, -0.05) is 11.6 Å².